The van der Waals surface area contributed by atoms with Gasteiger partial charge in [-0.25, -0.2) is 8.78 Å². The van der Waals surface area contributed by atoms with E-state index in [4.69, 9.17) is 0 Å². The summed E-state index contributed by atoms with van der Waals surface area (Å²) in [4.78, 5) is 0. The van der Waals surface area contributed by atoms with Crippen molar-refractivity contribution in [3.05, 3.63) is 69.7 Å². The first-order valence-electron chi connectivity index (χ1n) is 5.99. The maximum atomic E-state index is 13.6. The van der Waals surface area contributed by atoms with Crippen LogP contribution in [0.5, 0.6) is 0 Å². The van der Waals surface area contributed by atoms with Gasteiger partial charge in [0.1, 0.15) is 11.6 Å². The van der Waals surface area contributed by atoms with Crippen molar-refractivity contribution in [3.8, 4) is 0 Å². The lowest BCUT2D eigenvalue weighted by Gasteiger charge is -2.15. The Hall–Kier alpha value is -1.26. The van der Waals surface area contributed by atoms with Crippen LogP contribution in [-0.4, -0.2) is 0 Å². The summed E-state index contributed by atoms with van der Waals surface area (Å²) < 4.78 is 27.5. The number of benzene rings is 2. The highest BCUT2D eigenvalue weighted by molar-refractivity contribution is 9.10. The molecule has 0 radical (unpaired) electrons. The van der Waals surface area contributed by atoms with Gasteiger partial charge in [-0.1, -0.05) is 34.1 Å². The zero-order chi connectivity index (χ0) is 13.8. The Kier molecular flexibility index (Phi) is 4.66. The Bertz CT molecular complexity index is 552. The Morgan fingerprint density at radius 3 is 2.58 bits per heavy atom. The Balaban J connectivity index is 2.04. The lowest BCUT2D eigenvalue weighted by atomic mass is 10.1. The predicted octanol–water partition coefficient (Wildman–Crippen LogP) is 4.58. The quantitative estimate of drug-likeness (QED) is 0.867. The molecule has 1 nitrogen and oxygen atoms in total. The molecule has 0 aliphatic heterocycles. The van der Waals surface area contributed by atoms with Gasteiger partial charge in [0.05, 0.1) is 0 Å². The Morgan fingerprint density at radius 1 is 1.16 bits per heavy atom. The van der Waals surface area contributed by atoms with Crippen LogP contribution in [0.2, 0.25) is 0 Å². The Labute approximate surface area is 119 Å². The second-order valence-electron chi connectivity index (χ2n) is 4.40. The van der Waals surface area contributed by atoms with E-state index < -0.39 is 0 Å². The minimum Gasteiger partial charge on any atom is -0.306 e. The summed E-state index contributed by atoms with van der Waals surface area (Å²) in [7, 11) is 0. The normalized spacial score (nSPS) is 12.4. The highest BCUT2D eigenvalue weighted by atomic mass is 79.9. The second-order valence-corrected chi connectivity index (χ2v) is 5.32. The van der Waals surface area contributed by atoms with E-state index in [0.29, 0.717) is 16.6 Å². The van der Waals surface area contributed by atoms with Crippen LogP contribution in [0.15, 0.2) is 46.9 Å². The van der Waals surface area contributed by atoms with E-state index in [2.05, 4.69) is 21.2 Å². The van der Waals surface area contributed by atoms with Crippen LogP contribution in [0.1, 0.15) is 24.1 Å². The van der Waals surface area contributed by atoms with Crippen molar-refractivity contribution in [2.45, 2.75) is 19.5 Å². The van der Waals surface area contributed by atoms with Gasteiger partial charge in [0.25, 0.3) is 0 Å². The van der Waals surface area contributed by atoms with Crippen LogP contribution in [-0.2, 0) is 6.54 Å². The molecule has 0 saturated heterocycles. The molecule has 0 amide bonds. The third kappa shape index (κ3) is 3.85. The summed E-state index contributed by atoms with van der Waals surface area (Å²) in [5.74, 6) is -0.521. The molecule has 2 aromatic carbocycles. The first-order valence-corrected chi connectivity index (χ1v) is 6.78. The van der Waals surface area contributed by atoms with Crippen LogP contribution >= 0.6 is 15.9 Å². The maximum Gasteiger partial charge on any atom is 0.127 e. The maximum absolute atomic E-state index is 13.6. The summed E-state index contributed by atoms with van der Waals surface area (Å²) in [6.07, 6.45) is 0. The van der Waals surface area contributed by atoms with Gasteiger partial charge in [-0.2, -0.15) is 0 Å². The van der Waals surface area contributed by atoms with Gasteiger partial charge in [-0.15, -0.1) is 0 Å². The average Bonchev–Trinajstić information content (AvgIpc) is 2.35. The molecule has 2 aromatic rings. The van der Waals surface area contributed by atoms with Gasteiger partial charge >= 0.3 is 0 Å². The molecule has 1 N–H and O–H groups in total. The minimum atomic E-state index is -0.287. The molecule has 0 bridgehead atoms. The van der Waals surface area contributed by atoms with Crippen molar-refractivity contribution in [1.29, 1.82) is 0 Å². The van der Waals surface area contributed by atoms with Crippen LogP contribution < -0.4 is 5.32 Å². The highest BCUT2D eigenvalue weighted by Crippen LogP contribution is 2.18. The fourth-order valence-corrected chi connectivity index (χ4v) is 2.43. The van der Waals surface area contributed by atoms with Crippen LogP contribution in [0.4, 0.5) is 8.78 Å². The molecule has 0 unspecified atom stereocenters. The summed E-state index contributed by atoms with van der Waals surface area (Å²) in [6, 6.07) is 11.2. The Morgan fingerprint density at radius 2 is 1.89 bits per heavy atom. The predicted molar refractivity (Wildman–Crippen MR) is 75.8 cm³/mol. The number of halogens is 3. The molecule has 0 saturated carbocycles. The molecule has 0 fully saturated rings. The van der Waals surface area contributed by atoms with Crippen molar-refractivity contribution in [2.24, 2.45) is 0 Å². The minimum absolute atomic E-state index is 0.136. The molecule has 2 rings (SSSR count). The summed E-state index contributed by atoms with van der Waals surface area (Å²) >= 11 is 3.25. The van der Waals surface area contributed by atoms with E-state index in [1.165, 1.54) is 18.2 Å². The van der Waals surface area contributed by atoms with Gasteiger partial charge < -0.3 is 5.32 Å². The van der Waals surface area contributed by atoms with E-state index in [9.17, 15) is 8.78 Å². The van der Waals surface area contributed by atoms with Crippen LogP contribution in [0.25, 0.3) is 0 Å². The molecule has 0 spiro atoms. The van der Waals surface area contributed by atoms with Gasteiger partial charge in [0.2, 0.25) is 0 Å². The van der Waals surface area contributed by atoms with E-state index >= 15 is 0 Å². The van der Waals surface area contributed by atoms with E-state index in [-0.39, 0.29) is 17.7 Å². The second kappa shape index (κ2) is 6.26. The first-order chi connectivity index (χ1) is 9.06. The summed E-state index contributed by atoms with van der Waals surface area (Å²) in [5.41, 5.74) is 1.42. The lowest BCUT2D eigenvalue weighted by molar-refractivity contribution is 0.526. The van der Waals surface area contributed by atoms with Gasteiger partial charge in [-0.3, -0.25) is 0 Å². The molecule has 19 heavy (non-hydrogen) atoms. The molecule has 4 heteroatoms. The zero-order valence-electron chi connectivity index (χ0n) is 10.5. The topological polar surface area (TPSA) is 12.0 Å². The molecule has 0 heterocycles. The molecule has 1 atom stereocenters. The van der Waals surface area contributed by atoms with E-state index in [1.54, 1.807) is 18.2 Å². The molecular weight excluding hydrogens is 312 g/mol. The zero-order valence-corrected chi connectivity index (χ0v) is 12.0. The average molecular weight is 326 g/mol. The van der Waals surface area contributed by atoms with E-state index in [0.717, 1.165) is 5.56 Å². The summed E-state index contributed by atoms with van der Waals surface area (Å²) in [5, 5.41) is 3.18. The van der Waals surface area contributed by atoms with Crippen molar-refractivity contribution in [2.75, 3.05) is 0 Å². The van der Waals surface area contributed by atoms with Gasteiger partial charge in [-0.05, 0) is 36.8 Å². The fraction of sp³-hybridized carbons (Fsp3) is 0.200. The first kappa shape index (κ1) is 14.2. The lowest BCUT2D eigenvalue weighted by Crippen LogP contribution is -2.19. The molecule has 100 valence electrons. The monoisotopic (exact) mass is 325 g/mol. The number of nitrogens with one attached hydrogen (secondary N) is 1. The third-order valence-electron chi connectivity index (χ3n) is 2.91. The number of rotatable bonds is 4. The van der Waals surface area contributed by atoms with Crippen molar-refractivity contribution >= 4 is 15.9 Å². The van der Waals surface area contributed by atoms with Crippen molar-refractivity contribution in [1.82, 2.24) is 5.32 Å². The van der Waals surface area contributed by atoms with Crippen molar-refractivity contribution < 1.29 is 8.78 Å². The molecule has 0 aromatic heterocycles. The van der Waals surface area contributed by atoms with E-state index in [1.807, 2.05) is 13.0 Å². The molecule has 0 aliphatic rings. The van der Waals surface area contributed by atoms with Crippen LogP contribution in [0.3, 0.4) is 0 Å². The highest BCUT2D eigenvalue weighted by Gasteiger charge is 2.09. The number of hydrogen-bond donors (Lipinski definition) is 1. The fourth-order valence-electron chi connectivity index (χ4n) is 1.92. The largest absolute Gasteiger partial charge is 0.306 e. The summed E-state index contributed by atoms with van der Waals surface area (Å²) in [6.45, 7) is 2.36. The molecule has 0 aliphatic carbocycles. The smallest absolute Gasteiger partial charge is 0.127 e. The third-order valence-corrected chi connectivity index (χ3v) is 3.36. The molecular formula is C15H14BrF2N. The van der Waals surface area contributed by atoms with Gasteiger partial charge in [0.15, 0.2) is 0 Å². The van der Waals surface area contributed by atoms with Gasteiger partial charge in [0, 0.05) is 22.6 Å². The standard InChI is InChI=1S/C15H14BrF2N/c1-10(14-4-2-3-5-15(14)18)19-9-11-6-12(16)8-13(17)7-11/h2-8,10,19H,9H2,1H3/t10-/m1/s1. The van der Waals surface area contributed by atoms with Crippen LogP contribution in [0, 0.1) is 11.6 Å². The van der Waals surface area contributed by atoms with Crippen molar-refractivity contribution in [3.63, 3.8) is 0 Å². The number of hydrogen-bond acceptors (Lipinski definition) is 1. The SMILES string of the molecule is C[C@@H](NCc1cc(F)cc(Br)c1)c1ccccc1F.